The Morgan fingerprint density at radius 2 is 1.48 bits per heavy atom. The standard InChI is InChI=1S/C25H31N3O3/c1-26-23(29)25(14-18-27(19-15-25)16-12-20-6-4-3-5-7-20)28(24(26)30)17-13-21-8-10-22(31-2)11-9-21/h3-11H,12-19H2,1-2H3. The lowest BCUT2D eigenvalue weighted by Gasteiger charge is -2.42. The summed E-state index contributed by atoms with van der Waals surface area (Å²) in [6.07, 6.45) is 3.11. The number of hydrogen-bond acceptors (Lipinski definition) is 4. The second-order valence-corrected chi connectivity index (χ2v) is 8.51. The first-order valence-electron chi connectivity index (χ1n) is 11.0. The number of amides is 3. The summed E-state index contributed by atoms with van der Waals surface area (Å²) in [5.74, 6) is 0.769. The third kappa shape index (κ3) is 4.30. The number of likely N-dealkylation sites (N-methyl/N-ethyl adjacent to an activating group) is 1. The zero-order chi connectivity index (χ0) is 21.8. The van der Waals surface area contributed by atoms with Crippen molar-refractivity contribution in [3.63, 3.8) is 0 Å². The van der Waals surface area contributed by atoms with Crippen LogP contribution in [0.2, 0.25) is 0 Å². The molecular weight excluding hydrogens is 390 g/mol. The lowest BCUT2D eigenvalue weighted by molar-refractivity contribution is -0.134. The van der Waals surface area contributed by atoms with Crippen molar-refractivity contribution in [3.8, 4) is 5.75 Å². The molecular formula is C25H31N3O3. The second-order valence-electron chi connectivity index (χ2n) is 8.51. The number of nitrogens with zero attached hydrogens (tertiary/aromatic N) is 3. The molecule has 0 N–H and O–H groups in total. The van der Waals surface area contributed by atoms with E-state index in [1.807, 2.05) is 35.2 Å². The van der Waals surface area contributed by atoms with Crippen LogP contribution in [0.1, 0.15) is 24.0 Å². The number of imide groups is 1. The van der Waals surface area contributed by atoms with Gasteiger partial charge in [0.05, 0.1) is 7.11 Å². The number of hydrogen-bond donors (Lipinski definition) is 0. The Morgan fingerprint density at radius 1 is 0.871 bits per heavy atom. The summed E-state index contributed by atoms with van der Waals surface area (Å²) in [6.45, 7) is 3.19. The largest absolute Gasteiger partial charge is 0.497 e. The van der Waals surface area contributed by atoms with Gasteiger partial charge in [-0.05, 0) is 48.9 Å². The zero-order valence-electron chi connectivity index (χ0n) is 18.4. The summed E-state index contributed by atoms with van der Waals surface area (Å²) in [4.78, 5) is 31.6. The highest BCUT2D eigenvalue weighted by atomic mass is 16.5. The van der Waals surface area contributed by atoms with E-state index in [4.69, 9.17) is 4.74 Å². The van der Waals surface area contributed by atoms with Crippen molar-refractivity contribution in [2.45, 2.75) is 31.2 Å². The van der Waals surface area contributed by atoms with Gasteiger partial charge in [-0.2, -0.15) is 0 Å². The molecule has 1 spiro atoms. The number of likely N-dealkylation sites (tertiary alicyclic amines) is 1. The molecule has 0 aromatic heterocycles. The average molecular weight is 422 g/mol. The minimum Gasteiger partial charge on any atom is -0.497 e. The summed E-state index contributed by atoms with van der Waals surface area (Å²) < 4.78 is 5.22. The molecule has 2 heterocycles. The Morgan fingerprint density at radius 3 is 2.13 bits per heavy atom. The molecule has 0 aliphatic carbocycles. The number of carbonyl (C=O) groups is 2. The van der Waals surface area contributed by atoms with Crippen LogP contribution in [0, 0.1) is 0 Å². The van der Waals surface area contributed by atoms with Crippen LogP contribution in [0.15, 0.2) is 54.6 Å². The Hall–Kier alpha value is -2.86. The van der Waals surface area contributed by atoms with Crippen molar-refractivity contribution in [1.29, 1.82) is 0 Å². The van der Waals surface area contributed by atoms with Gasteiger partial charge < -0.3 is 14.5 Å². The van der Waals surface area contributed by atoms with E-state index in [0.29, 0.717) is 19.4 Å². The van der Waals surface area contributed by atoms with Gasteiger partial charge in [0, 0.05) is 33.2 Å². The van der Waals surface area contributed by atoms with Crippen LogP contribution in [0.5, 0.6) is 5.75 Å². The van der Waals surface area contributed by atoms with E-state index in [9.17, 15) is 9.59 Å². The van der Waals surface area contributed by atoms with E-state index in [2.05, 4.69) is 29.2 Å². The minimum atomic E-state index is -0.693. The van der Waals surface area contributed by atoms with Gasteiger partial charge in [-0.25, -0.2) is 4.79 Å². The molecule has 4 rings (SSSR count). The number of piperidine rings is 1. The van der Waals surface area contributed by atoms with Crippen molar-refractivity contribution in [2.24, 2.45) is 0 Å². The lowest BCUT2D eigenvalue weighted by Crippen LogP contribution is -2.57. The highest BCUT2D eigenvalue weighted by molar-refractivity contribution is 6.06. The topological polar surface area (TPSA) is 53.1 Å². The Balaban J connectivity index is 1.40. The van der Waals surface area contributed by atoms with Gasteiger partial charge in [0.15, 0.2) is 0 Å². The highest BCUT2D eigenvalue weighted by Gasteiger charge is 2.56. The predicted octanol–water partition coefficient (Wildman–Crippen LogP) is 3.21. The minimum absolute atomic E-state index is 0.0464. The first-order chi connectivity index (χ1) is 15.0. The van der Waals surface area contributed by atoms with Crippen molar-refractivity contribution >= 4 is 11.9 Å². The molecule has 0 radical (unpaired) electrons. The average Bonchev–Trinajstić information content (AvgIpc) is 2.99. The monoisotopic (exact) mass is 421 g/mol. The van der Waals surface area contributed by atoms with Crippen molar-refractivity contribution < 1.29 is 14.3 Å². The van der Waals surface area contributed by atoms with E-state index >= 15 is 0 Å². The maximum Gasteiger partial charge on any atom is 0.327 e. The smallest absolute Gasteiger partial charge is 0.327 e. The fourth-order valence-electron chi connectivity index (χ4n) is 4.78. The normalized spacial score (nSPS) is 18.8. The maximum absolute atomic E-state index is 13.1. The highest BCUT2D eigenvalue weighted by Crippen LogP contribution is 2.37. The summed E-state index contributed by atoms with van der Waals surface area (Å²) in [6, 6.07) is 18.2. The van der Waals surface area contributed by atoms with Crippen LogP contribution in [-0.2, 0) is 17.6 Å². The number of methoxy groups -OCH3 is 1. The van der Waals surface area contributed by atoms with Crippen LogP contribution in [0.4, 0.5) is 4.79 Å². The molecule has 2 fully saturated rings. The molecule has 2 aliphatic rings. The summed E-state index contributed by atoms with van der Waals surface area (Å²) in [5, 5.41) is 0. The van der Waals surface area contributed by atoms with Gasteiger partial charge in [0.25, 0.3) is 5.91 Å². The SMILES string of the molecule is COc1ccc(CCN2C(=O)N(C)C(=O)C23CCN(CCc2ccccc2)CC3)cc1. The summed E-state index contributed by atoms with van der Waals surface area (Å²) in [5.41, 5.74) is 1.77. The van der Waals surface area contributed by atoms with Crippen LogP contribution < -0.4 is 4.74 Å². The summed E-state index contributed by atoms with van der Waals surface area (Å²) >= 11 is 0. The molecule has 6 nitrogen and oxygen atoms in total. The molecule has 0 bridgehead atoms. The Labute approximate surface area is 184 Å². The van der Waals surface area contributed by atoms with Crippen LogP contribution in [0.25, 0.3) is 0 Å². The quantitative estimate of drug-likeness (QED) is 0.645. The molecule has 0 atom stereocenters. The van der Waals surface area contributed by atoms with Crippen LogP contribution >= 0.6 is 0 Å². The first kappa shape index (κ1) is 21.4. The molecule has 3 amide bonds. The van der Waals surface area contributed by atoms with Crippen molar-refractivity contribution in [3.05, 3.63) is 65.7 Å². The Kier molecular flexibility index (Phi) is 6.28. The number of benzene rings is 2. The van der Waals surface area contributed by atoms with Crippen molar-refractivity contribution in [2.75, 3.05) is 40.3 Å². The van der Waals surface area contributed by atoms with Crippen LogP contribution in [0.3, 0.4) is 0 Å². The molecule has 164 valence electrons. The fraction of sp³-hybridized carbons (Fsp3) is 0.440. The molecule has 2 aromatic rings. The third-order valence-corrected chi connectivity index (χ3v) is 6.76. The molecule has 2 aliphatic heterocycles. The van der Waals surface area contributed by atoms with E-state index in [0.717, 1.165) is 43.8 Å². The summed E-state index contributed by atoms with van der Waals surface area (Å²) in [7, 11) is 3.26. The molecule has 31 heavy (non-hydrogen) atoms. The number of ether oxygens (including phenoxy) is 1. The molecule has 2 aromatic carbocycles. The van der Waals surface area contributed by atoms with Crippen molar-refractivity contribution in [1.82, 2.24) is 14.7 Å². The third-order valence-electron chi connectivity index (χ3n) is 6.76. The van der Waals surface area contributed by atoms with Gasteiger partial charge in [-0.3, -0.25) is 9.69 Å². The zero-order valence-corrected chi connectivity index (χ0v) is 18.4. The first-order valence-corrected chi connectivity index (χ1v) is 11.0. The molecule has 0 unspecified atom stereocenters. The molecule has 2 saturated heterocycles. The number of urea groups is 1. The second kappa shape index (κ2) is 9.10. The van der Waals surface area contributed by atoms with E-state index < -0.39 is 5.54 Å². The fourth-order valence-corrected chi connectivity index (χ4v) is 4.78. The van der Waals surface area contributed by atoms with Gasteiger partial charge in [0.1, 0.15) is 11.3 Å². The van der Waals surface area contributed by atoms with Gasteiger partial charge in [-0.1, -0.05) is 42.5 Å². The maximum atomic E-state index is 13.1. The van der Waals surface area contributed by atoms with Gasteiger partial charge >= 0.3 is 6.03 Å². The number of carbonyl (C=O) groups excluding carboxylic acids is 2. The van der Waals surface area contributed by atoms with E-state index in [-0.39, 0.29) is 11.9 Å². The lowest BCUT2D eigenvalue weighted by atomic mass is 9.85. The Bertz CT molecular complexity index is 905. The van der Waals surface area contributed by atoms with E-state index in [1.165, 1.54) is 10.5 Å². The number of rotatable bonds is 7. The molecule has 6 heteroatoms. The predicted molar refractivity (Wildman–Crippen MR) is 120 cm³/mol. The molecule has 0 saturated carbocycles. The van der Waals surface area contributed by atoms with Gasteiger partial charge in [0.2, 0.25) is 0 Å². The van der Waals surface area contributed by atoms with Crippen LogP contribution in [-0.4, -0.2) is 72.5 Å². The van der Waals surface area contributed by atoms with E-state index in [1.54, 1.807) is 14.2 Å². The van der Waals surface area contributed by atoms with Gasteiger partial charge in [-0.15, -0.1) is 0 Å².